The van der Waals surface area contributed by atoms with Crippen LogP contribution >= 0.6 is 0 Å². The van der Waals surface area contributed by atoms with Gasteiger partial charge in [0.05, 0.1) is 12.3 Å². The fourth-order valence-electron chi connectivity index (χ4n) is 2.10. The van der Waals surface area contributed by atoms with Crippen LogP contribution in [0.25, 0.3) is 0 Å². The molecule has 24 heavy (non-hydrogen) atoms. The van der Waals surface area contributed by atoms with Gasteiger partial charge in [-0.3, -0.25) is 0 Å². The van der Waals surface area contributed by atoms with Crippen molar-refractivity contribution in [1.29, 1.82) is 0 Å². The molecule has 0 aliphatic heterocycles. The van der Waals surface area contributed by atoms with E-state index in [0.717, 1.165) is 17.8 Å². The zero-order valence-corrected chi connectivity index (χ0v) is 13.7. The second-order valence-electron chi connectivity index (χ2n) is 5.81. The van der Waals surface area contributed by atoms with E-state index in [1.54, 1.807) is 6.07 Å². The molecule has 0 saturated carbocycles. The summed E-state index contributed by atoms with van der Waals surface area (Å²) in [6.45, 7) is 4.65. The first-order valence-electron chi connectivity index (χ1n) is 7.77. The first kappa shape index (κ1) is 18.1. The van der Waals surface area contributed by atoms with Crippen LogP contribution in [0.5, 0.6) is 0 Å². The molecular weight excluding hydrogens is 310 g/mol. The molecule has 0 aliphatic rings. The lowest BCUT2D eigenvalue weighted by molar-refractivity contribution is 0.209. The Morgan fingerprint density at radius 2 is 1.92 bits per heavy atom. The summed E-state index contributed by atoms with van der Waals surface area (Å²) >= 11 is 0. The summed E-state index contributed by atoms with van der Waals surface area (Å²) in [5.74, 6) is 4.11. The molecule has 0 unspecified atom stereocenters. The fourth-order valence-corrected chi connectivity index (χ4v) is 2.10. The molecule has 3 nitrogen and oxygen atoms in total. The minimum Gasteiger partial charge on any atom is -0.395 e. The number of hydrogen-bond acceptors (Lipinski definition) is 3. The molecule has 0 spiro atoms. The van der Waals surface area contributed by atoms with Crippen molar-refractivity contribution in [2.45, 2.75) is 26.4 Å². The Balaban J connectivity index is 2.08. The van der Waals surface area contributed by atoms with Crippen LogP contribution in [0.4, 0.5) is 8.78 Å². The van der Waals surface area contributed by atoms with E-state index in [1.807, 2.05) is 26.0 Å². The van der Waals surface area contributed by atoms with Crippen LogP contribution in [0, 0.1) is 29.4 Å². The number of rotatable bonds is 5. The van der Waals surface area contributed by atoms with Gasteiger partial charge in [0.25, 0.3) is 0 Å². The monoisotopic (exact) mass is 330 g/mol. The lowest BCUT2D eigenvalue weighted by Gasteiger charge is -2.19. The summed E-state index contributed by atoms with van der Waals surface area (Å²) in [5, 5.41) is 12.6. The van der Waals surface area contributed by atoms with Crippen molar-refractivity contribution in [1.82, 2.24) is 10.3 Å². The minimum absolute atomic E-state index is 0.00345. The average molecular weight is 330 g/mol. The van der Waals surface area contributed by atoms with E-state index in [9.17, 15) is 13.9 Å². The third kappa shape index (κ3) is 5.12. The number of aromatic nitrogens is 1. The van der Waals surface area contributed by atoms with Crippen molar-refractivity contribution in [3.05, 3.63) is 65.0 Å². The van der Waals surface area contributed by atoms with Gasteiger partial charge in [-0.25, -0.2) is 13.8 Å². The number of aliphatic hydroxyl groups excluding tert-OH is 1. The summed E-state index contributed by atoms with van der Waals surface area (Å²) in [4.78, 5) is 4.41. The number of hydrogen-bond donors (Lipinski definition) is 2. The number of nitrogens with zero attached hydrogens (tertiary/aromatic N) is 1. The van der Waals surface area contributed by atoms with Crippen LogP contribution in [0.2, 0.25) is 0 Å². The van der Waals surface area contributed by atoms with Gasteiger partial charge in [-0.2, -0.15) is 0 Å². The Hall–Kier alpha value is -2.29. The largest absolute Gasteiger partial charge is 0.395 e. The Labute approximate surface area is 140 Å². The van der Waals surface area contributed by atoms with E-state index in [1.165, 1.54) is 6.07 Å². The molecule has 0 saturated heterocycles. The lowest BCUT2D eigenvalue weighted by atomic mass is 10.1. The van der Waals surface area contributed by atoms with E-state index < -0.39 is 11.6 Å². The molecule has 1 atom stereocenters. The molecule has 1 heterocycles. The van der Waals surface area contributed by atoms with Gasteiger partial charge in [-0.15, -0.1) is 0 Å². The van der Waals surface area contributed by atoms with E-state index in [0.29, 0.717) is 23.7 Å². The minimum atomic E-state index is -0.920. The SMILES string of the molecule is CC(C)[C@H](CO)NCc1cccc(C#Cc2ccc(F)c(F)c2)n1. The summed E-state index contributed by atoms with van der Waals surface area (Å²) in [7, 11) is 0. The van der Waals surface area contributed by atoms with Crippen LogP contribution in [0.15, 0.2) is 36.4 Å². The summed E-state index contributed by atoms with van der Waals surface area (Å²) in [6, 6.07) is 8.99. The van der Waals surface area contributed by atoms with Gasteiger partial charge in [0, 0.05) is 18.2 Å². The molecule has 0 amide bonds. The van der Waals surface area contributed by atoms with Crippen molar-refractivity contribution >= 4 is 0 Å². The molecule has 126 valence electrons. The summed E-state index contributed by atoms with van der Waals surface area (Å²) in [6.07, 6.45) is 0. The van der Waals surface area contributed by atoms with Gasteiger partial charge < -0.3 is 10.4 Å². The zero-order valence-electron chi connectivity index (χ0n) is 13.7. The van der Waals surface area contributed by atoms with E-state index >= 15 is 0 Å². The topological polar surface area (TPSA) is 45.1 Å². The molecule has 2 aromatic rings. The standard InChI is InChI=1S/C19H20F2N2O/c1-13(2)19(12-24)22-11-16-5-3-4-15(23-16)8-6-14-7-9-17(20)18(21)10-14/h3-5,7,9-10,13,19,22,24H,11-12H2,1-2H3/t19-/m0/s1. The Bertz CT molecular complexity index is 751. The first-order chi connectivity index (χ1) is 11.5. The maximum absolute atomic E-state index is 13.2. The second-order valence-corrected chi connectivity index (χ2v) is 5.81. The Morgan fingerprint density at radius 1 is 1.12 bits per heavy atom. The molecule has 0 bridgehead atoms. The van der Waals surface area contributed by atoms with Gasteiger partial charge >= 0.3 is 0 Å². The number of pyridine rings is 1. The smallest absolute Gasteiger partial charge is 0.160 e. The van der Waals surface area contributed by atoms with Crippen molar-refractivity contribution < 1.29 is 13.9 Å². The molecule has 2 N–H and O–H groups in total. The summed E-state index contributed by atoms with van der Waals surface area (Å²) < 4.78 is 26.0. The van der Waals surface area contributed by atoms with E-state index in [4.69, 9.17) is 0 Å². The molecule has 1 aromatic carbocycles. The maximum Gasteiger partial charge on any atom is 0.160 e. The van der Waals surface area contributed by atoms with Crippen molar-refractivity contribution in [3.63, 3.8) is 0 Å². The number of nitrogens with one attached hydrogen (secondary N) is 1. The normalized spacial score (nSPS) is 11.9. The van der Waals surface area contributed by atoms with Crippen molar-refractivity contribution in [2.75, 3.05) is 6.61 Å². The molecule has 1 aromatic heterocycles. The van der Waals surface area contributed by atoms with Crippen LogP contribution in [-0.2, 0) is 6.54 Å². The van der Waals surface area contributed by atoms with Crippen LogP contribution in [0.1, 0.15) is 30.8 Å². The highest BCUT2D eigenvalue weighted by atomic mass is 19.2. The van der Waals surface area contributed by atoms with Crippen molar-refractivity contribution in [3.8, 4) is 11.8 Å². The number of benzene rings is 1. The Morgan fingerprint density at radius 3 is 2.58 bits per heavy atom. The predicted molar refractivity (Wildman–Crippen MR) is 89.1 cm³/mol. The molecule has 0 radical (unpaired) electrons. The van der Waals surface area contributed by atoms with E-state index in [2.05, 4.69) is 22.1 Å². The van der Waals surface area contributed by atoms with Crippen LogP contribution in [0.3, 0.4) is 0 Å². The van der Waals surface area contributed by atoms with Gasteiger partial charge in [-0.1, -0.05) is 25.8 Å². The molecule has 5 heteroatoms. The third-order valence-corrected chi connectivity index (χ3v) is 3.61. The second kappa shape index (κ2) is 8.53. The highest BCUT2D eigenvalue weighted by molar-refractivity contribution is 5.40. The maximum atomic E-state index is 13.2. The number of halogens is 2. The van der Waals surface area contributed by atoms with Crippen molar-refractivity contribution in [2.24, 2.45) is 5.92 Å². The predicted octanol–water partition coefficient (Wildman–Crippen LogP) is 2.87. The van der Waals surface area contributed by atoms with Gasteiger partial charge in [0.15, 0.2) is 11.6 Å². The highest BCUT2D eigenvalue weighted by Crippen LogP contribution is 2.08. The van der Waals surface area contributed by atoms with E-state index in [-0.39, 0.29) is 12.6 Å². The number of aliphatic hydroxyl groups is 1. The lowest BCUT2D eigenvalue weighted by Crippen LogP contribution is -2.36. The van der Waals surface area contributed by atoms with Gasteiger partial charge in [-0.05, 0) is 42.2 Å². The van der Waals surface area contributed by atoms with Gasteiger partial charge in [0.2, 0.25) is 0 Å². The Kier molecular flexibility index (Phi) is 6.42. The average Bonchev–Trinajstić information content (AvgIpc) is 2.56. The van der Waals surface area contributed by atoms with Crippen LogP contribution < -0.4 is 5.32 Å². The third-order valence-electron chi connectivity index (χ3n) is 3.61. The molecule has 0 fully saturated rings. The highest BCUT2D eigenvalue weighted by Gasteiger charge is 2.11. The molecule has 2 rings (SSSR count). The first-order valence-corrected chi connectivity index (χ1v) is 7.77. The quantitative estimate of drug-likeness (QED) is 0.829. The fraction of sp³-hybridized carbons (Fsp3) is 0.316. The molecule has 0 aliphatic carbocycles. The molecular formula is C19H20F2N2O. The summed E-state index contributed by atoms with van der Waals surface area (Å²) in [5.41, 5.74) is 1.73. The van der Waals surface area contributed by atoms with Crippen LogP contribution in [-0.4, -0.2) is 22.7 Å². The van der Waals surface area contributed by atoms with Gasteiger partial charge in [0.1, 0.15) is 5.69 Å². The zero-order chi connectivity index (χ0) is 17.5.